The molecule has 0 radical (unpaired) electrons. The number of carbonyl (C=O) groups is 1. The van der Waals surface area contributed by atoms with Crippen LogP contribution in [-0.2, 0) is 4.84 Å². The fraction of sp³-hybridized carbons (Fsp3) is 0.545. The van der Waals surface area contributed by atoms with E-state index in [0.29, 0.717) is 5.02 Å². The molecular weight excluding hydrogens is 360 g/mol. The van der Waals surface area contributed by atoms with E-state index in [0.717, 1.165) is 43.4 Å². The average Bonchev–Trinajstić information content (AvgIpc) is 2.68. The van der Waals surface area contributed by atoms with Crippen molar-refractivity contribution in [2.75, 3.05) is 0 Å². The monoisotopic (exact) mass is 390 g/mol. The molecule has 27 heavy (non-hydrogen) atoms. The molecule has 1 fully saturated rings. The number of hydrogen-bond donors (Lipinski definition) is 1. The summed E-state index contributed by atoms with van der Waals surface area (Å²) in [5.41, 5.74) is 1.81. The molecule has 2 rings (SSSR count). The Bertz CT molecular complexity index is 620. The second-order valence-electron chi connectivity index (χ2n) is 7.14. The van der Waals surface area contributed by atoms with Crippen LogP contribution in [0.3, 0.4) is 0 Å². The fourth-order valence-electron chi connectivity index (χ4n) is 3.20. The highest BCUT2D eigenvalue weighted by atomic mass is 35.5. The predicted molar refractivity (Wildman–Crippen MR) is 113 cm³/mol. The third-order valence-corrected chi connectivity index (χ3v) is 5.05. The first kappa shape index (κ1) is 21.5. The third kappa shape index (κ3) is 9.09. The lowest BCUT2D eigenvalue weighted by Gasteiger charge is -2.21. The number of benzene rings is 1. The van der Waals surface area contributed by atoms with Crippen LogP contribution >= 0.6 is 11.6 Å². The van der Waals surface area contributed by atoms with Gasteiger partial charge < -0.3 is 5.32 Å². The Labute approximate surface area is 168 Å². The van der Waals surface area contributed by atoms with Gasteiger partial charge in [-0.25, -0.2) is 4.79 Å². The van der Waals surface area contributed by atoms with E-state index in [1.165, 1.54) is 32.1 Å². The predicted octanol–water partition coefficient (Wildman–Crippen LogP) is 6.74. The molecule has 0 heterocycles. The molecule has 1 aromatic rings. The van der Waals surface area contributed by atoms with E-state index in [1.54, 1.807) is 0 Å². The van der Waals surface area contributed by atoms with Gasteiger partial charge in [-0.2, -0.15) is 0 Å². The Morgan fingerprint density at radius 1 is 1.19 bits per heavy atom. The highest BCUT2D eigenvalue weighted by molar-refractivity contribution is 6.30. The standard InChI is InChI=1S/C22H31ClN2O2/c1-2-3-4-6-11-21(17-14-18-12-15-19(23)16-13-18)25-27-22(26)24-20-9-7-5-8-10-20/h12-17,20H,2-11H2,1H3,(H,24,26). The van der Waals surface area contributed by atoms with Gasteiger partial charge in [-0.3, -0.25) is 4.84 Å². The Kier molecular flexibility index (Phi) is 9.99. The minimum absolute atomic E-state index is 0.221. The molecule has 0 atom stereocenters. The summed E-state index contributed by atoms with van der Waals surface area (Å²) in [6.45, 7) is 2.19. The molecule has 0 bridgehead atoms. The van der Waals surface area contributed by atoms with Gasteiger partial charge in [0.2, 0.25) is 0 Å². The van der Waals surface area contributed by atoms with E-state index < -0.39 is 6.09 Å². The van der Waals surface area contributed by atoms with Gasteiger partial charge in [-0.05, 0) is 49.5 Å². The largest absolute Gasteiger partial charge is 0.433 e. The number of amides is 1. The van der Waals surface area contributed by atoms with E-state index in [9.17, 15) is 4.79 Å². The second kappa shape index (κ2) is 12.6. The molecule has 0 aliphatic heterocycles. The lowest BCUT2D eigenvalue weighted by molar-refractivity contribution is 0.143. The molecule has 0 aromatic heterocycles. The Balaban J connectivity index is 1.91. The zero-order valence-electron chi connectivity index (χ0n) is 16.3. The molecule has 0 spiro atoms. The van der Waals surface area contributed by atoms with Crippen molar-refractivity contribution in [1.82, 2.24) is 5.32 Å². The van der Waals surface area contributed by atoms with Crippen LogP contribution < -0.4 is 5.32 Å². The highest BCUT2D eigenvalue weighted by Gasteiger charge is 2.16. The Hall–Kier alpha value is -1.81. The fourth-order valence-corrected chi connectivity index (χ4v) is 3.32. The minimum Gasteiger partial charge on any atom is -0.317 e. The molecule has 148 valence electrons. The van der Waals surface area contributed by atoms with Crippen molar-refractivity contribution in [2.24, 2.45) is 5.16 Å². The van der Waals surface area contributed by atoms with Gasteiger partial charge >= 0.3 is 6.09 Å². The number of nitrogens with one attached hydrogen (secondary N) is 1. The maximum Gasteiger partial charge on any atom is 0.433 e. The molecule has 1 amide bonds. The number of allylic oxidation sites excluding steroid dienone is 1. The zero-order chi connectivity index (χ0) is 19.3. The number of oxime groups is 1. The van der Waals surface area contributed by atoms with E-state index in [1.807, 2.05) is 36.4 Å². The van der Waals surface area contributed by atoms with Crippen LogP contribution in [0, 0.1) is 0 Å². The van der Waals surface area contributed by atoms with Crippen LogP contribution in [0.15, 0.2) is 35.5 Å². The van der Waals surface area contributed by atoms with Crippen molar-refractivity contribution in [2.45, 2.75) is 77.2 Å². The van der Waals surface area contributed by atoms with E-state index in [2.05, 4.69) is 17.4 Å². The molecule has 5 heteroatoms. The maximum atomic E-state index is 12.0. The first-order chi connectivity index (χ1) is 13.2. The summed E-state index contributed by atoms with van der Waals surface area (Å²) in [5, 5.41) is 7.75. The van der Waals surface area contributed by atoms with Crippen molar-refractivity contribution < 1.29 is 9.63 Å². The van der Waals surface area contributed by atoms with Gasteiger partial charge in [-0.15, -0.1) is 0 Å². The van der Waals surface area contributed by atoms with Crippen LogP contribution in [0.2, 0.25) is 5.02 Å². The quantitative estimate of drug-likeness (QED) is 0.219. The number of nitrogens with zero attached hydrogens (tertiary/aromatic N) is 1. The van der Waals surface area contributed by atoms with Crippen molar-refractivity contribution in [1.29, 1.82) is 0 Å². The van der Waals surface area contributed by atoms with Gasteiger partial charge in [0.15, 0.2) is 0 Å². The van der Waals surface area contributed by atoms with E-state index in [4.69, 9.17) is 16.4 Å². The van der Waals surface area contributed by atoms with Crippen molar-refractivity contribution in [3.63, 3.8) is 0 Å². The van der Waals surface area contributed by atoms with Gasteiger partial charge in [0, 0.05) is 11.1 Å². The Morgan fingerprint density at radius 2 is 1.93 bits per heavy atom. The molecule has 1 N–H and O–H groups in total. The van der Waals surface area contributed by atoms with Gasteiger partial charge in [0.25, 0.3) is 0 Å². The summed E-state index contributed by atoms with van der Waals surface area (Å²) >= 11 is 5.92. The summed E-state index contributed by atoms with van der Waals surface area (Å²) in [6, 6.07) is 7.83. The summed E-state index contributed by atoms with van der Waals surface area (Å²) in [5.74, 6) is 0. The lowest BCUT2D eigenvalue weighted by Crippen LogP contribution is -2.35. The van der Waals surface area contributed by atoms with Crippen LogP contribution in [0.4, 0.5) is 4.79 Å². The second-order valence-corrected chi connectivity index (χ2v) is 7.57. The number of halogens is 1. The van der Waals surface area contributed by atoms with Crippen molar-refractivity contribution in [3.05, 3.63) is 40.9 Å². The first-order valence-electron chi connectivity index (χ1n) is 10.2. The number of carbonyl (C=O) groups excluding carboxylic acids is 1. The SMILES string of the molecule is CCCCCCC(C=Cc1ccc(Cl)cc1)=NOC(=O)NC1CCCCC1. The molecule has 4 nitrogen and oxygen atoms in total. The molecule has 0 unspecified atom stereocenters. The number of unbranched alkanes of at least 4 members (excludes halogenated alkanes) is 3. The smallest absolute Gasteiger partial charge is 0.317 e. The topological polar surface area (TPSA) is 50.7 Å². The number of hydrogen-bond acceptors (Lipinski definition) is 3. The maximum absolute atomic E-state index is 12.0. The number of rotatable bonds is 9. The Morgan fingerprint density at radius 3 is 2.63 bits per heavy atom. The van der Waals surface area contributed by atoms with Gasteiger partial charge in [0.05, 0.1) is 5.71 Å². The molecule has 1 aliphatic carbocycles. The lowest BCUT2D eigenvalue weighted by atomic mass is 9.96. The minimum atomic E-state index is -0.451. The molecule has 0 saturated heterocycles. The highest BCUT2D eigenvalue weighted by Crippen LogP contribution is 2.17. The molecule has 1 saturated carbocycles. The first-order valence-corrected chi connectivity index (χ1v) is 10.5. The summed E-state index contributed by atoms with van der Waals surface area (Å²) in [7, 11) is 0. The summed E-state index contributed by atoms with van der Waals surface area (Å²) in [4.78, 5) is 17.2. The van der Waals surface area contributed by atoms with Crippen molar-refractivity contribution in [3.8, 4) is 0 Å². The molecule has 1 aromatic carbocycles. The van der Waals surface area contributed by atoms with Gasteiger partial charge in [-0.1, -0.05) is 80.4 Å². The van der Waals surface area contributed by atoms with E-state index >= 15 is 0 Å². The molecular formula is C22H31ClN2O2. The van der Waals surface area contributed by atoms with E-state index in [-0.39, 0.29) is 6.04 Å². The average molecular weight is 391 g/mol. The third-order valence-electron chi connectivity index (χ3n) is 4.80. The van der Waals surface area contributed by atoms with Crippen LogP contribution in [0.5, 0.6) is 0 Å². The zero-order valence-corrected chi connectivity index (χ0v) is 17.0. The normalized spacial score (nSPS) is 15.9. The van der Waals surface area contributed by atoms with Gasteiger partial charge in [0.1, 0.15) is 0 Å². The summed E-state index contributed by atoms with van der Waals surface area (Å²) in [6.07, 6.45) is 14.4. The molecule has 1 aliphatic rings. The van der Waals surface area contributed by atoms with Crippen molar-refractivity contribution >= 4 is 29.5 Å². The van der Waals surface area contributed by atoms with Crippen LogP contribution in [0.1, 0.15) is 76.7 Å². The van der Waals surface area contributed by atoms with Crippen LogP contribution in [-0.4, -0.2) is 17.8 Å². The van der Waals surface area contributed by atoms with Crippen LogP contribution in [0.25, 0.3) is 6.08 Å². The summed E-state index contributed by atoms with van der Waals surface area (Å²) < 4.78 is 0.